The standard InChI is InChI=1S/C22H31N3O5/c1-6-8-18(15-25(4)5)20(30-16(3)7-2)22(27)23-13-14-29-19-11-9-17(10-12-19)21(26)24-28/h6-12,28H,13-15H2,1-5H3,(H,23,27)(H,24,26)/b8-6+,16-7+,20-18+. The van der Waals surface area contributed by atoms with E-state index in [0.29, 0.717) is 23.6 Å². The van der Waals surface area contributed by atoms with Gasteiger partial charge in [0.2, 0.25) is 0 Å². The van der Waals surface area contributed by atoms with E-state index >= 15 is 0 Å². The number of nitrogens with one attached hydrogen (secondary N) is 2. The van der Waals surface area contributed by atoms with Crippen LogP contribution >= 0.6 is 0 Å². The van der Waals surface area contributed by atoms with Gasteiger partial charge < -0.3 is 19.7 Å². The van der Waals surface area contributed by atoms with E-state index in [4.69, 9.17) is 14.7 Å². The molecule has 0 aromatic heterocycles. The number of nitrogens with zero attached hydrogens (tertiary/aromatic N) is 1. The molecule has 8 heteroatoms. The first kappa shape index (κ1) is 24.9. The van der Waals surface area contributed by atoms with Gasteiger partial charge in [0.1, 0.15) is 12.4 Å². The van der Waals surface area contributed by atoms with Crippen molar-refractivity contribution in [2.45, 2.75) is 20.8 Å². The number of ether oxygens (including phenoxy) is 2. The van der Waals surface area contributed by atoms with Crippen LogP contribution in [0.15, 0.2) is 59.6 Å². The van der Waals surface area contributed by atoms with Gasteiger partial charge >= 0.3 is 0 Å². The van der Waals surface area contributed by atoms with Crippen molar-refractivity contribution in [2.24, 2.45) is 0 Å². The van der Waals surface area contributed by atoms with Gasteiger partial charge in [0.15, 0.2) is 5.76 Å². The third-order valence-electron chi connectivity index (χ3n) is 3.90. The number of carbonyl (C=O) groups excluding carboxylic acids is 2. The molecule has 0 heterocycles. The van der Waals surface area contributed by atoms with Crippen molar-refractivity contribution in [1.29, 1.82) is 0 Å². The first-order valence-corrected chi connectivity index (χ1v) is 9.59. The molecule has 1 aromatic carbocycles. The van der Waals surface area contributed by atoms with Gasteiger partial charge in [0.05, 0.1) is 12.3 Å². The van der Waals surface area contributed by atoms with Crippen LogP contribution in [0.4, 0.5) is 0 Å². The van der Waals surface area contributed by atoms with Crippen LogP contribution < -0.4 is 15.5 Å². The number of hydrogen-bond donors (Lipinski definition) is 3. The number of carbonyl (C=O) groups is 2. The normalized spacial score (nSPS) is 12.6. The number of likely N-dealkylation sites (N-methyl/N-ethyl adjacent to an activating group) is 1. The highest BCUT2D eigenvalue weighted by Crippen LogP contribution is 2.15. The van der Waals surface area contributed by atoms with Gasteiger partial charge in [0.25, 0.3) is 11.8 Å². The molecule has 0 saturated heterocycles. The Labute approximate surface area is 177 Å². The van der Waals surface area contributed by atoms with E-state index in [9.17, 15) is 9.59 Å². The molecule has 0 spiro atoms. The molecule has 0 fully saturated rings. The maximum absolute atomic E-state index is 12.8. The van der Waals surface area contributed by atoms with Gasteiger partial charge in [-0.25, -0.2) is 5.48 Å². The van der Waals surface area contributed by atoms with E-state index in [1.54, 1.807) is 30.6 Å². The molecule has 2 amide bonds. The maximum atomic E-state index is 12.8. The summed E-state index contributed by atoms with van der Waals surface area (Å²) in [6.45, 7) is 6.57. The zero-order valence-corrected chi connectivity index (χ0v) is 18.2. The van der Waals surface area contributed by atoms with Gasteiger partial charge in [0, 0.05) is 17.7 Å². The molecule has 0 bridgehead atoms. The van der Waals surface area contributed by atoms with Crippen molar-refractivity contribution in [1.82, 2.24) is 15.7 Å². The number of amides is 2. The first-order chi connectivity index (χ1) is 14.3. The third kappa shape index (κ3) is 8.50. The van der Waals surface area contributed by atoms with Gasteiger partial charge in [-0.2, -0.15) is 0 Å². The van der Waals surface area contributed by atoms with E-state index < -0.39 is 5.91 Å². The zero-order chi connectivity index (χ0) is 22.5. The summed E-state index contributed by atoms with van der Waals surface area (Å²) in [5, 5.41) is 11.4. The summed E-state index contributed by atoms with van der Waals surface area (Å²) in [7, 11) is 3.84. The Morgan fingerprint density at radius 2 is 1.83 bits per heavy atom. The maximum Gasteiger partial charge on any atom is 0.287 e. The minimum absolute atomic E-state index is 0.236. The average Bonchev–Trinajstić information content (AvgIpc) is 2.73. The van der Waals surface area contributed by atoms with Crippen LogP contribution in [-0.2, 0) is 9.53 Å². The highest BCUT2D eigenvalue weighted by Gasteiger charge is 2.17. The number of benzene rings is 1. The van der Waals surface area contributed by atoms with E-state index in [2.05, 4.69) is 5.32 Å². The van der Waals surface area contributed by atoms with Crippen molar-refractivity contribution in [2.75, 3.05) is 33.8 Å². The summed E-state index contributed by atoms with van der Waals surface area (Å²) >= 11 is 0. The molecule has 0 aliphatic rings. The zero-order valence-electron chi connectivity index (χ0n) is 18.2. The fraction of sp³-hybridized carbons (Fsp3) is 0.364. The first-order valence-electron chi connectivity index (χ1n) is 9.59. The molecule has 3 N–H and O–H groups in total. The molecule has 0 unspecified atom stereocenters. The quantitative estimate of drug-likeness (QED) is 0.128. The number of hydrogen-bond acceptors (Lipinski definition) is 6. The molecule has 0 radical (unpaired) electrons. The molecule has 164 valence electrons. The molecule has 8 nitrogen and oxygen atoms in total. The van der Waals surface area contributed by atoms with Crippen molar-refractivity contribution >= 4 is 11.8 Å². The Morgan fingerprint density at radius 1 is 1.17 bits per heavy atom. The largest absolute Gasteiger partial charge is 0.492 e. The minimum atomic E-state index is -0.598. The Kier molecular flexibility index (Phi) is 11.0. The molecule has 0 atom stereocenters. The lowest BCUT2D eigenvalue weighted by atomic mass is 10.2. The Bertz CT molecular complexity index is 795. The molecule has 1 aromatic rings. The van der Waals surface area contributed by atoms with Gasteiger partial charge in [-0.15, -0.1) is 0 Å². The molecule has 0 saturated carbocycles. The lowest BCUT2D eigenvalue weighted by Gasteiger charge is -2.17. The van der Waals surface area contributed by atoms with Crippen LogP contribution in [0.25, 0.3) is 0 Å². The summed E-state index contributed by atoms with van der Waals surface area (Å²) in [5.74, 6) is 0.489. The second kappa shape index (κ2) is 13.2. The van der Waals surface area contributed by atoms with Crippen LogP contribution in [0.3, 0.4) is 0 Å². The lowest BCUT2D eigenvalue weighted by molar-refractivity contribution is -0.120. The van der Waals surface area contributed by atoms with Crippen molar-refractivity contribution < 1.29 is 24.3 Å². The average molecular weight is 418 g/mol. The van der Waals surface area contributed by atoms with Crippen LogP contribution in [0.1, 0.15) is 31.1 Å². The summed E-state index contributed by atoms with van der Waals surface area (Å²) in [6.07, 6.45) is 5.52. The second-order valence-electron chi connectivity index (χ2n) is 6.66. The van der Waals surface area contributed by atoms with Crippen molar-refractivity contribution in [3.05, 3.63) is 65.1 Å². The van der Waals surface area contributed by atoms with E-state index in [0.717, 1.165) is 5.57 Å². The van der Waals surface area contributed by atoms with Gasteiger partial charge in [-0.3, -0.25) is 14.8 Å². The molecular weight excluding hydrogens is 386 g/mol. The van der Waals surface area contributed by atoms with E-state index in [-0.39, 0.29) is 24.8 Å². The third-order valence-corrected chi connectivity index (χ3v) is 3.90. The highest BCUT2D eigenvalue weighted by atomic mass is 16.5. The predicted octanol–water partition coefficient (Wildman–Crippen LogP) is 2.63. The van der Waals surface area contributed by atoms with E-state index in [1.165, 1.54) is 12.1 Å². The summed E-state index contributed by atoms with van der Waals surface area (Å²) < 4.78 is 11.4. The highest BCUT2D eigenvalue weighted by molar-refractivity contribution is 5.93. The van der Waals surface area contributed by atoms with E-state index in [1.807, 2.05) is 45.0 Å². The Hall–Kier alpha value is -3.10. The number of allylic oxidation sites excluding steroid dienone is 3. The minimum Gasteiger partial charge on any atom is -0.492 e. The van der Waals surface area contributed by atoms with Crippen LogP contribution in [0, 0.1) is 0 Å². The fourth-order valence-electron chi connectivity index (χ4n) is 2.40. The fourth-order valence-corrected chi connectivity index (χ4v) is 2.40. The lowest BCUT2D eigenvalue weighted by Crippen LogP contribution is -2.31. The summed E-state index contributed by atoms with van der Waals surface area (Å²) in [6, 6.07) is 6.27. The SMILES string of the molecule is C/C=C/C(CN(C)C)=C(\O/C(C)=C/C)C(=O)NCCOc1ccc(C(=O)NO)cc1. The Morgan fingerprint density at radius 3 is 2.37 bits per heavy atom. The molecule has 0 aliphatic carbocycles. The van der Waals surface area contributed by atoms with Crippen molar-refractivity contribution in [3.63, 3.8) is 0 Å². The summed E-state index contributed by atoms with van der Waals surface area (Å²) in [4.78, 5) is 26.0. The molecule has 30 heavy (non-hydrogen) atoms. The molecule has 1 rings (SSSR count). The number of rotatable bonds is 11. The molecule has 0 aliphatic heterocycles. The smallest absolute Gasteiger partial charge is 0.287 e. The monoisotopic (exact) mass is 417 g/mol. The van der Waals surface area contributed by atoms with Gasteiger partial charge in [-0.05, 0) is 65.2 Å². The number of hydroxylamine groups is 1. The van der Waals surface area contributed by atoms with Gasteiger partial charge in [-0.1, -0.05) is 12.2 Å². The van der Waals surface area contributed by atoms with Crippen molar-refractivity contribution in [3.8, 4) is 5.75 Å². The predicted molar refractivity (Wildman–Crippen MR) is 115 cm³/mol. The Balaban J connectivity index is 2.76. The second-order valence-corrected chi connectivity index (χ2v) is 6.66. The van der Waals surface area contributed by atoms with Crippen LogP contribution in [0.2, 0.25) is 0 Å². The van der Waals surface area contributed by atoms with Crippen LogP contribution in [-0.4, -0.2) is 55.7 Å². The molecular formula is C22H31N3O5. The topological polar surface area (TPSA) is 100 Å². The summed E-state index contributed by atoms with van der Waals surface area (Å²) in [5.41, 5.74) is 2.64. The van der Waals surface area contributed by atoms with Crippen LogP contribution in [0.5, 0.6) is 5.75 Å².